The molecule has 1 amide bonds. The van der Waals surface area contributed by atoms with Crippen LogP contribution in [-0.4, -0.2) is 45.3 Å². The van der Waals surface area contributed by atoms with E-state index >= 15 is 0 Å². The maximum atomic E-state index is 13.7. The van der Waals surface area contributed by atoms with Crippen LogP contribution in [0.15, 0.2) is 70.5 Å². The van der Waals surface area contributed by atoms with Gasteiger partial charge in [0.1, 0.15) is 21.3 Å². The summed E-state index contributed by atoms with van der Waals surface area (Å²) < 4.78 is 18.7. The summed E-state index contributed by atoms with van der Waals surface area (Å²) in [6.45, 7) is 4.33. The number of thioether (sulfide) groups is 1. The molecule has 10 heteroatoms. The second-order valence-electron chi connectivity index (χ2n) is 9.39. The van der Waals surface area contributed by atoms with Crippen molar-refractivity contribution in [2.75, 3.05) is 20.8 Å². The Bertz CT molecular complexity index is 1730. The van der Waals surface area contributed by atoms with Crippen LogP contribution >= 0.6 is 24.0 Å². The highest BCUT2D eigenvalue weighted by atomic mass is 32.2. The molecule has 41 heavy (non-hydrogen) atoms. The van der Waals surface area contributed by atoms with E-state index in [1.807, 2.05) is 55.5 Å². The van der Waals surface area contributed by atoms with E-state index in [1.165, 1.54) is 10.5 Å². The smallest absolute Gasteiger partial charge is 0.269 e. The lowest BCUT2D eigenvalue weighted by atomic mass is 10.1. The first-order valence-electron chi connectivity index (χ1n) is 13.1. The Labute approximate surface area is 247 Å². The number of hydrogen-bond donors (Lipinski definition) is 0. The van der Waals surface area contributed by atoms with Crippen molar-refractivity contribution in [2.24, 2.45) is 0 Å². The van der Waals surface area contributed by atoms with Gasteiger partial charge in [0.05, 0.1) is 19.1 Å². The van der Waals surface area contributed by atoms with Crippen molar-refractivity contribution < 1.29 is 19.0 Å². The third kappa shape index (κ3) is 5.84. The van der Waals surface area contributed by atoms with Crippen LogP contribution in [0, 0.1) is 6.92 Å². The Morgan fingerprint density at radius 3 is 2.44 bits per heavy atom. The fourth-order valence-corrected chi connectivity index (χ4v) is 5.79. The minimum Gasteiger partial charge on any atom is -0.493 e. The van der Waals surface area contributed by atoms with Crippen molar-refractivity contribution in [3.05, 3.63) is 98.3 Å². The van der Waals surface area contributed by atoms with Crippen molar-refractivity contribution in [3.63, 3.8) is 0 Å². The number of aromatic nitrogens is 2. The predicted octanol–water partition coefficient (Wildman–Crippen LogP) is 5.82. The molecule has 0 N–H and O–H groups in total. The normalized spacial score (nSPS) is 14.2. The van der Waals surface area contributed by atoms with Gasteiger partial charge in [0, 0.05) is 12.7 Å². The molecule has 4 aromatic rings. The highest BCUT2D eigenvalue weighted by molar-refractivity contribution is 8.26. The molecule has 210 valence electrons. The first kappa shape index (κ1) is 28.4. The summed E-state index contributed by atoms with van der Waals surface area (Å²) in [7, 11) is 3.17. The molecule has 2 aromatic heterocycles. The number of nitrogens with zero attached hydrogens (tertiary/aromatic N) is 3. The van der Waals surface area contributed by atoms with Crippen LogP contribution in [-0.2, 0) is 17.6 Å². The van der Waals surface area contributed by atoms with E-state index in [0.717, 1.165) is 34.9 Å². The molecule has 0 saturated carbocycles. The van der Waals surface area contributed by atoms with E-state index < -0.39 is 0 Å². The molecule has 1 aliphatic heterocycles. The van der Waals surface area contributed by atoms with Crippen LogP contribution in [0.2, 0.25) is 0 Å². The fourth-order valence-electron chi connectivity index (χ4n) is 4.50. The zero-order valence-corrected chi connectivity index (χ0v) is 24.8. The van der Waals surface area contributed by atoms with Gasteiger partial charge in [0.2, 0.25) is 5.88 Å². The summed E-state index contributed by atoms with van der Waals surface area (Å²) in [6.07, 6.45) is 4.65. The molecular weight excluding hydrogens is 558 g/mol. The third-order valence-electron chi connectivity index (χ3n) is 6.82. The van der Waals surface area contributed by atoms with Gasteiger partial charge in [-0.25, -0.2) is 0 Å². The Morgan fingerprint density at radius 1 is 1.00 bits per heavy atom. The second-order valence-corrected chi connectivity index (χ2v) is 11.1. The number of carbonyl (C=O) groups is 1. The quantitative estimate of drug-likeness (QED) is 0.179. The van der Waals surface area contributed by atoms with Crippen LogP contribution in [0.1, 0.15) is 29.2 Å². The Morgan fingerprint density at radius 2 is 1.73 bits per heavy atom. The zero-order valence-electron chi connectivity index (χ0n) is 23.2. The summed E-state index contributed by atoms with van der Waals surface area (Å²) in [5.74, 6) is 1.65. The summed E-state index contributed by atoms with van der Waals surface area (Å²) in [5, 5.41) is 0. The Kier molecular flexibility index (Phi) is 8.41. The van der Waals surface area contributed by atoms with Gasteiger partial charge in [0.25, 0.3) is 11.5 Å². The minimum atomic E-state index is -0.338. The highest BCUT2D eigenvalue weighted by Gasteiger charge is 2.32. The van der Waals surface area contributed by atoms with E-state index in [0.29, 0.717) is 45.1 Å². The number of carbonyl (C=O) groups excluding carboxylic acids is 1. The van der Waals surface area contributed by atoms with Crippen LogP contribution in [0.3, 0.4) is 0 Å². The number of aryl methyl sites for hydroxylation is 2. The van der Waals surface area contributed by atoms with Gasteiger partial charge in [-0.15, -0.1) is 0 Å². The van der Waals surface area contributed by atoms with Crippen molar-refractivity contribution in [2.45, 2.75) is 26.7 Å². The van der Waals surface area contributed by atoms with Gasteiger partial charge < -0.3 is 14.2 Å². The van der Waals surface area contributed by atoms with E-state index in [9.17, 15) is 9.59 Å². The largest absolute Gasteiger partial charge is 0.493 e. The molecule has 0 aliphatic carbocycles. The Hall–Kier alpha value is -4.15. The molecule has 5 rings (SSSR count). The van der Waals surface area contributed by atoms with Crippen LogP contribution in [0.25, 0.3) is 11.7 Å². The van der Waals surface area contributed by atoms with Gasteiger partial charge in [-0.1, -0.05) is 55.2 Å². The summed E-state index contributed by atoms with van der Waals surface area (Å²) >= 11 is 6.71. The van der Waals surface area contributed by atoms with E-state index in [1.54, 1.807) is 31.4 Å². The molecule has 2 aromatic carbocycles. The first-order valence-corrected chi connectivity index (χ1v) is 14.3. The molecule has 1 saturated heterocycles. The molecule has 8 nitrogen and oxygen atoms in total. The standard InChI is InChI=1S/C31H29N3O5S2/c1-5-20-8-11-22(12-9-20)39-28-23(29(35)33-15-6-7-19(2)27(33)32-28)18-26-30(36)34(31(40)41-26)16-14-21-10-13-24(37-3)25(17-21)38-4/h6-13,15,17-18H,5,14,16H2,1-4H3/b26-18+. The lowest BCUT2D eigenvalue weighted by Gasteiger charge is -2.15. The number of amides is 1. The van der Waals surface area contributed by atoms with Gasteiger partial charge in [-0.2, -0.15) is 4.98 Å². The number of hydrogen-bond acceptors (Lipinski definition) is 8. The van der Waals surface area contributed by atoms with Crippen molar-refractivity contribution >= 4 is 45.9 Å². The lowest BCUT2D eigenvalue weighted by molar-refractivity contribution is -0.122. The number of fused-ring (bicyclic) bond motifs is 1. The first-order chi connectivity index (χ1) is 19.8. The van der Waals surface area contributed by atoms with Gasteiger partial charge in [-0.05, 0) is 72.9 Å². The number of thiocarbonyl (C=S) groups is 1. The zero-order chi connectivity index (χ0) is 29.1. The fraction of sp³-hybridized carbons (Fsp3) is 0.226. The van der Waals surface area contributed by atoms with Crippen molar-refractivity contribution in [3.8, 4) is 23.1 Å². The molecule has 0 spiro atoms. The molecule has 1 aliphatic rings. The van der Waals surface area contributed by atoms with Gasteiger partial charge in [0.15, 0.2) is 11.5 Å². The van der Waals surface area contributed by atoms with Crippen LogP contribution in [0.5, 0.6) is 23.1 Å². The monoisotopic (exact) mass is 587 g/mol. The van der Waals surface area contributed by atoms with Crippen molar-refractivity contribution in [1.29, 1.82) is 0 Å². The number of methoxy groups -OCH3 is 2. The molecule has 0 unspecified atom stereocenters. The highest BCUT2D eigenvalue weighted by Crippen LogP contribution is 2.35. The molecule has 1 fully saturated rings. The molecule has 0 bridgehead atoms. The molecular formula is C31H29N3O5S2. The lowest BCUT2D eigenvalue weighted by Crippen LogP contribution is -2.30. The maximum Gasteiger partial charge on any atom is 0.269 e. The number of benzene rings is 2. The average molecular weight is 588 g/mol. The molecule has 0 radical (unpaired) electrons. The number of pyridine rings is 1. The summed E-state index contributed by atoms with van der Waals surface area (Å²) in [5.41, 5.74) is 3.28. The number of rotatable bonds is 9. The predicted molar refractivity (Wildman–Crippen MR) is 165 cm³/mol. The van der Waals surface area contributed by atoms with E-state index in [4.69, 9.17) is 31.4 Å². The number of ether oxygens (including phenoxy) is 3. The molecule has 3 heterocycles. The third-order valence-corrected chi connectivity index (χ3v) is 8.19. The van der Waals surface area contributed by atoms with Crippen LogP contribution in [0.4, 0.5) is 0 Å². The second kappa shape index (κ2) is 12.2. The topological polar surface area (TPSA) is 82.4 Å². The Balaban J connectivity index is 1.47. The van der Waals surface area contributed by atoms with E-state index in [2.05, 4.69) is 6.92 Å². The minimum absolute atomic E-state index is 0.129. The maximum absolute atomic E-state index is 13.7. The van der Waals surface area contributed by atoms with E-state index in [-0.39, 0.29) is 22.9 Å². The van der Waals surface area contributed by atoms with Gasteiger partial charge in [-0.3, -0.25) is 18.9 Å². The summed E-state index contributed by atoms with van der Waals surface area (Å²) in [6, 6.07) is 16.9. The summed E-state index contributed by atoms with van der Waals surface area (Å²) in [4.78, 5) is 33.7. The van der Waals surface area contributed by atoms with Gasteiger partial charge >= 0.3 is 0 Å². The average Bonchev–Trinajstić information content (AvgIpc) is 3.25. The van der Waals surface area contributed by atoms with Crippen molar-refractivity contribution in [1.82, 2.24) is 14.3 Å². The SMILES string of the molecule is CCc1ccc(Oc2nc3c(C)cccn3c(=O)c2/C=C2/SC(=S)N(CCc3ccc(OC)c(OC)c3)C2=O)cc1. The molecule has 0 atom stereocenters. The van der Waals surface area contributed by atoms with Crippen LogP contribution < -0.4 is 19.8 Å².